The van der Waals surface area contributed by atoms with Crippen molar-refractivity contribution >= 4 is 11.6 Å². The van der Waals surface area contributed by atoms with Gasteiger partial charge in [0.25, 0.3) is 0 Å². The summed E-state index contributed by atoms with van der Waals surface area (Å²) in [6, 6.07) is 0. The van der Waals surface area contributed by atoms with Crippen molar-refractivity contribution in [1.82, 2.24) is 0 Å². The zero-order valence-electron chi connectivity index (χ0n) is 3.78. The van der Waals surface area contributed by atoms with Gasteiger partial charge in [-0.05, 0) is 0 Å². The van der Waals surface area contributed by atoms with Crippen LogP contribution < -0.4 is 0 Å². The number of hydrogen-bond donors (Lipinski definition) is 0. The number of rotatable bonds is 2. The van der Waals surface area contributed by atoms with Crippen molar-refractivity contribution in [2.45, 2.75) is 5.38 Å². The Kier molecular flexibility index (Phi) is 1.87. The molecule has 0 N–H and O–H groups in total. The highest BCUT2D eigenvalue weighted by atomic mass is 35.5. The van der Waals surface area contributed by atoms with E-state index in [-0.39, 0.29) is 0 Å². The highest BCUT2D eigenvalue weighted by Crippen LogP contribution is 2.17. The number of halogens is 2. The predicted octanol–water partition coefficient (Wildman–Crippen LogP) is 0.359. The van der Waals surface area contributed by atoms with Crippen molar-refractivity contribution in [3.05, 3.63) is 20.2 Å². The smallest absolute Gasteiger partial charge is 0.255 e. The molecule has 0 bridgehead atoms. The molecule has 0 spiro atoms. The van der Waals surface area contributed by atoms with Gasteiger partial charge in [0, 0.05) is 0 Å². The fraction of sp³-hybridized carbons (Fsp3) is 1.00. The quantitative estimate of drug-likeness (QED) is 0.191. The van der Waals surface area contributed by atoms with Gasteiger partial charge in [-0.3, -0.25) is 20.2 Å². The van der Waals surface area contributed by atoms with E-state index in [1.54, 1.807) is 0 Å². The molecule has 0 aromatic heterocycles. The molecule has 0 aliphatic heterocycles. The molecule has 0 amide bonds. The summed E-state index contributed by atoms with van der Waals surface area (Å²) in [5.74, 6) is 0. The lowest BCUT2D eigenvalue weighted by molar-refractivity contribution is -0.799. The van der Waals surface area contributed by atoms with Crippen molar-refractivity contribution in [3.63, 3.8) is 0 Å². The first-order valence-corrected chi connectivity index (χ1v) is 1.93. The Labute approximate surface area is 52.5 Å². The van der Waals surface area contributed by atoms with Crippen LogP contribution in [0.3, 0.4) is 0 Å². The predicted molar refractivity (Wildman–Crippen MR) is 23.7 cm³/mol. The van der Waals surface area contributed by atoms with Crippen LogP contribution in [0.5, 0.6) is 0 Å². The normalized spacial score (nSPS) is 10.9. The van der Waals surface area contributed by atoms with Gasteiger partial charge in [-0.1, -0.05) is 4.39 Å². The fourth-order valence-electron chi connectivity index (χ4n) is 0.0667. The molecule has 8 heteroatoms. The maximum atomic E-state index is 11.7. The van der Waals surface area contributed by atoms with Crippen LogP contribution in [0.15, 0.2) is 0 Å². The van der Waals surface area contributed by atoms with E-state index in [0.29, 0.717) is 0 Å². The minimum absolute atomic E-state index is 1.84. The van der Waals surface area contributed by atoms with Crippen LogP contribution in [0.25, 0.3) is 0 Å². The highest BCUT2D eigenvalue weighted by Gasteiger charge is 2.56. The molecule has 0 rings (SSSR count). The van der Waals surface area contributed by atoms with Gasteiger partial charge in [-0.15, -0.1) is 0 Å². The topological polar surface area (TPSA) is 86.3 Å². The fourth-order valence-corrected chi connectivity index (χ4v) is 0.0667. The average molecular weight is 158 g/mol. The Bertz CT molecular complexity index is 141. The van der Waals surface area contributed by atoms with Gasteiger partial charge in [-0.25, -0.2) is 0 Å². The lowest BCUT2D eigenvalue weighted by atomic mass is 11.1. The van der Waals surface area contributed by atoms with E-state index in [1.165, 1.54) is 0 Å². The summed E-state index contributed by atoms with van der Waals surface area (Å²) >= 11 is 4.14. The van der Waals surface area contributed by atoms with Gasteiger partial charge in [0.1, 0.15) is 0 Å². The molecule has 0 atom stereocenters. The van der Waals surface area contributed by atoms with E-state index >= 15 is 0 Å². The summed E-state index contributed by atoms with van der Waals surface area (Å²) in [7, 11) is 0. The Balaban J connectivity index is 4.38. The van der Waals surface area contributed by atoms with Crippen molar-refractivity contribution in [3.8, 4) is 0 Å². The van der Waals surface area contributed by atoms with Gasteiger partial charge in [0.2, 0.25) is 0 Å². The molecule has 0 aromatic rings. The van der Waals surface area contributed by atoms with E-state index in [4.69, 9.17) is 0 Å². The molecule has 0 fully saturated rings. The van der Waals surface area contributed by atoms with Crippen molar-refractivity contribution in [2.24, 2.45) is 0 Å². The molecule has 0 unspecified atom stereocenters. The molecule has 0 aliphatic carbocycles. The van der Waals surface area contributed by atoms with E-state index in [1.807, 2.05) is 0 Å². The number of alkyl halides is 2. The van der Waals surface area contributed by atoms with Crippen LogP contribution in [-0.2, 0) is 0 Å². The molecule has 0 saturated heterocycles. The summed E-state index contributed by atoms with van der Waals surface area (Å²) in [5.41, 5.74) is 0. The zero-order valence-corrected chi connectivity index (χ0v) is 4.54. The number of nitro groups is 2. The first kappa shape index (κ1) is 8.02. The maximum absolute atomic E-state index is 11.7. The second-order valence-electron chi connectivity index (χ2n) is 1.02. The van der Waals surface area contributed by atoms with Crippen molar-refractivity contribution in [2.75, 3.05) is 0 Å². The average Bonchev–Trinajstić information content (AvgIpc) is 1.65. The first-order chi connectivity index (χ1) is 3.89. The van der Waals surface area contributed by atoms with Gasteiger partial charge in [-0.2, -0.15) is 0 Å². The molecular formula is CClFN2O4. The molecule has 52 valence electrons. The molecule has 6 nitrogen and oxygen atoms in total. The van der Waals surface area contributed by atoms with Crippen molar-refractivity contribution in [1.29, 1.82) is 0 Å². The van der Waals surface area contributed by atoms with Crippen LogP contribution in [-0.4, -0.2) is 15.2 Å². The molecule has 0 aliphatic rings. The summed E-state index contributed by atoms with van der Waals surface area (Å²) in [4.78, 5) is 15.0. The largest absolute Gasteiger partial charge is 0.704 e. The Morgan fingerprint density at radius 2 is 1.56 bits per heavy atom. The lowest BCUT2D eigenvalue weighted by Crippen LogP contribution is -2.35. The van der Waals surface area contributed by atoms with Crippen LogP contribution in [0.2, 0.25) is 0 Å². The van der Waals surface area contributed by atoms with Gasteiger partial charge < -0.3 is 0 Å². The molecule has 0 saturated carbocycles. The standard InChI is InChI=1S/CClFN2O4/c2-1(3,4(6)7)5(8)9. The summed E-state index contributed by atoms with van der Waals surface area (Å²) in [6.45, 7) is 0. The summed E-state index contributed by atoms with van der Waals surface area (Å²) in [5, 5.41) is 14.6. The van der Waals surface area contributed by atoms with Crippen LogP contribution in [0.1, 0.15) is 0 Å². The second-order valence-corrected chi connectivity index (χ2v) is 1.50. The Morgan fingerprint density at radius 1 is 1.33 bits per heavy atom. The Morgan fingerprint density at radius 3 is 1.56 bits per heavy atom. The van der Waals surface area contributed by atoms with E-state index in [2.05, 4.69) is 11.6 Å². The molecule has 0 radical (unpaired) electrons. The van der Waals surface area contributed by atoms with Gasteiger partial charge in [0.15, 0.2) is 9.85 Å². The second kappa shape index (κ2) is 2.09. The third kappa shape index (κ3) is 1.46. The van der Waals surface area contributed by atoms with Crippen molar-refractivity contribution < 1.29 is 14.2 Å². The van der Waals surface area contributed by atoms with Crippen LogP contribution in [0, 0.1) is 20.2 Å². The Hall–Kier alpha value is -0.980. The molecule has 0 heterocycles. The first-order valence-electron chi connectivity index (χ1n) is 1.56. The highest BCUT2D eigenvalue weighted by molar-refractivity contribution is 6.20. The lowest BCUT2D eigenvalue weighted by Gasteiger charge is -1.95. The molecule has 0 aromatic carbocycles. The minimum atomic E-state index is -4.08. The zero-order chi connectivity index (χ0) is 7.65. The third-order valence-corrected chi connectivity index (χ3v) is 0.715. The summed E-state index contributed by atoms with van der Waals surface area (Å²) in [6.07, 6.45) is 0. The molecule has 9 heavy (non-hydrogen) atoms. The van der Waals surface area contributed by atoms with E-state index in [0.717, 1.165) is 0 Å². The van der Waals surface area contributed by atoms with Crippen LogP contribution >= 0.6 is 11.6 Å². The van der Waals surface area contributed by atoms with Gasteiger partial charge in [0.05, 0.1) is 11.6 Å². The maximum Gasteiger partial charge on any atom is 0.704 e. The van der Waals surface area contributed by atoms with Gasteiger partial charge >= 0.3 is 5.38 Å². The van der Waals surface area contributed by atoms with Crippen LogP contribution in [0.4, 0.5) is 4.39 Å². The number of hydrogen-bond acceptors (Lipinski definition) is 4. The molecular weight excluding hydrogens is 158 g/mol. The monoisotopic (exact) mass is 158 g/mol. The minimum Gasteiger partial charge on any atom is -0.255 e. The third-order valence-electron chi connectivity index (χ3n) is 0.439. The van der Waals surface area contributed by atoms with E-state index < -0.39 is 15.2 Å². The number of nitrogens with zero attached hydrogens (tertiary/aromatic N) is 2. The van der Waals surface area contributed by atoms with E-state index in [9.17, 15) is 24.6 Å². The summed E-state index contributed by atoms with van der Waals surface area (Å²) < 4.78 is 11.7. The SMILES string of the molecule is O=[N+]([O-])C(F)(Cl)[N+](=O)[O-].